The van der Waals surface area contributed by atoms with Gasteiger partial charge in [-0.25, -0.2) is 0 Å². The van der Waals surface area contributed by atoms with Crippen molar-refractivity contribution >= 4 is 41.9 Å². The molecule has 0 atom stereocenters. The fraction of sp³-hybridized carbons (Fsp3) is 0.483. The minimum atomic E-state index is 0. The molecule has 190 valence electrons. The van der Waals surface area contributed by atoms with Crippen LogP contribution in [-0.2, 0) is 19.5 Å². The molecule has 1 saturated heterocycles. The highest BCUT2D eigenvalue weighted by atomic mass is 35.5. The van der Waals surface area contributed by atoms with Crippen molar-refractivity contribution in [3.63, 3.8) is 0 Å². The Labute approximate surface area is 222 Å². The minimum Gasteiger partial charge on any atom is -0.356 e. The zero-order valence-corrected chi connectivity index (χ0v) is 22.6. The predicted molar refractivity (Wildman–Crippen MR) is 150 cm³/mol. The zero-order valence-electron chi connectivity index (χ0n) is 21.0. The zero-order chi connectivity index (χ0) is 22.6. The van der Waals surface area contributed by atoms with Gasteiger partial charge in [0.1, 0.15) is 0 Å². The smallest absolute Gasteiger partial charge is 0.172 e. The number of halogens is 2. The van der Waals surface area contributed by atoms with Crippen LogP contribution in [0.5, 0.6) is 0 Å². The van der Waals surface area contributed by atoms with E-state index in [1.54, 1.807) is 0 Å². The molecule has 1 aliphatic carbocycles. The number of fused-ring (bicyclic) bond motifs is 1. The Bertz CT molecular complexity index is 1080. The average Bonchev–Trinajstić information content (AvgIpc) is 3.56. The molecule has 3 aromatic rings. The number of benzene rings is 2. The summed E-state index contributed by atoms with van der Waals surface area (Å²) in [7, 11) is 4.24. The van der Waals surface area contributed by atoms with Gasteiger partial charge in [0.25, 0.3) is 0 Å². The summed E-state index contributed by atoms with van der Waals surface area (Å²) < 4.78 is 5.95. The maximum Gasteiger partial charge on any atom is 0.172 e. The predicted octanol–water partition coefficient (Wildman–Crippen LogP) is 7.00. The number of hydrogen-bond acceptors (Lipinski definition) is 4. The van der Waals surface area contributed by atoms with E-state index < -0.39 is 0 Å². The summed E-state index contributed by atoms with van der Waals surface area (Å²) >= 11 is 0. The van der Waals surface area contributed by atoms with Crippen LogP contribution < -0.4 is 0 Å². The molecule has 0 amide bonds. The Morgan fingerprint density at radius 1 is 1.00 bits per heavy atom. The van der Waals surface area contributed by atoms with E-state index in [0.29, 0.717) is 0 Å². The second-order valence-electron chi connectivity index (χ2n) is 10.3. The molecule has 35 heavy (non-hydrogen) atoms. The molecular weight excluding hydrogens is 477 g/mol. The Balaban J connectivity index is 0.00000171. The fourth-order valence-electron chi connectivity index (χ4n) is 5.08. The van der Waals surface area contributed by atoms with Crippen LogP contribution in [0.25, 0.3) is 17.0 Å². The van der Waals surface area contributed by atoms with E-state index in [4.69, 9.17) is 4.52 Å². The minimum absolute atomic E-state index is 0. The third-order valence-electron chi connectivity index (χ3n) is 7.24. The van der Waals surface area contributed by atoms with Crippen molar-refractivity contribution < 1.29 is 4.52 Å². The van der Waals surface area contributed by atoms with E-state index in [-0.39, 0.29) is 24.8 Å². The SMILES string of the molecule is CN(C)Cc1c(/C=C\C2CC2)ccc2c(CCC3CCN(Cc4ccccc4)CC3)noc12.Cl.Cl. The lowest BCUT2D eigenvalue weighted by Crippen LogP contribution is -2.33. The highest BCUT2D eigenvalue weighted by Gasteiger charge is 2.22. The fourth-order valence-corrected chi connectivity index (χ4v) is 5.08. The molecule has 0 spiro atoms. The van der Waals surface area contributed by atoms with E-state index in [0.717, 1.165) is 42.6 Å². The normalized spacial score (nSPS) is 17.1. The van der Waals surface area contributed by atoms with Crippen LogP contribution >= 0.6 is 24.8 Å². The van der Waals surface area contributed by atoms with Gasteiger partial charge in [0.05, 0.1) is 5.69 Å². The quantitative estimate of drug-likeness (QED) is 0.307. The lowest BCUT2D eigenvalue weighted by atomic mass is 9.90. The van der Waals surface area contributed by atoms with Crippen LogP contribution in [0.3, 0.4) is 0 Å². The van der Waals surface area contributed by atoms with Crippen molar-refractivity contribution in [3.8, 4) is 0 Å². The van der Waals surface area contributed by atoms with E-state index >= 15 is 0 Å². The van der Waals surface area contributed by atoms with Crippen LogP contribution in [0.1, 0.15) is 54.5 Å². The Morgan fingerprint density at radius 3 is 2.43 bits per heavy atom. The van der Waals surface area contributed by atoms with Crippen molar-refractivity contribution in [2.24, 2.45) is 11.8 Å². The van der Waals surface area contributed by atoms with Gasteiger partial charge in [-0.1, -0.05) is 53.7 Å². The monoisotopic (exact) mass is 515 g/mol. The number of aromatic nitrogens is 1. The number of likely N-dealkylation sites (tertiary alicyclic amines) is 1. The second kappa shape index (κ2) is 12.9. The van der Waals surface area contributed by atoms with Crippen LogP contribution in [-0.4, -0.2) is 42.1 Å². The highest BCUT2D eigenvalue weighted by Crippen LogP contribution is 2.33. The number of hydrogen-bond donors (Lipinski definition) is 0. The van der Waals surface area contributed by atoms with Gasteiger partial charge in [-0.05, 0) is 94.7 Å². The number of rotatable bonds is 9. The van der Waals surface area contributed by atoms with Gasteiger partial charge in [0, 0.05) is 24.0 Å². The molecule has 0 radical (unpaired) electrons. The van der Waals surface area contributed by atoms with Crippen molar-refractivity contribution in [1.29, 1.82) is 0 Å². The van der Waals surface area contributed by atoms with Gasteiger partial charge in [0.15, 0.2) is 5.58 Å². The van der Waals surface area contributed by atoms with Gasteiger partial charge in [-0.15, -0.1) is 24.8 Å². The first-order chi connectivity index (χ1) is 16.2. The molecule has 1 saturated carbocycles. The van der Waals surface area contributed by atoms with Crippen LogP contribution in [0.2, 0.25) is 0 Å². The third kappa shape index (κ3) is 7.33. The first kappa shape index (κ1) is 27.7. The van der Waals surface area contributed by atoms with Gasteiger partial charge in [-0.2, -0.15) is 0 Å². The molecule has 5 rings (SSSR count). The number of allylic oxidation sites excluding steroid dienone is 1. The molecule has 0 N–H and O–H groups in total. The Kier molecular flexibility index (Phi) is 10.2. The summed E-state index contributed by atoms with van der Waals surface area (Å²) in [5.41, 5.74) is 6.08. The summed E-state index contributed by atoms with van der Waals surface area (Å²) in [6.45, 7) is 4.34. The molecule has 0 bridgehead atoms. The summed E-state index contributed by atoms with van der Waals surface area (Å²) in [6, 6.07) is 15.3. The molecule has 2 aromatic carbocycles. The van der Waals surface area contributed by atoms with E-state index in [1.807, 2.05) is 0 Å². The third-order valence-corrected chi connectivity index (χ3v) is 7.24. The molecule has 1 aromatic heterocycles. The molecule has 4 nitrogen and oxygen atoms in total. The van der Waals surface area contributed by atoms with E-state index in [2.05, 4.69) is 83.7 Å². The Hall–Kier alpha value is -1.85. The summed E-state index contributed by atoms with van der Waals surface area (Å²) in [6.07, 6.45) is 12.1. The number of piperidine rings is 1. The summed E-state index contributed by atoms with van der Waals surface area (Å²) in [5.74, 6) is 1.56. The molecule has 2 aliphatic rings. The van der Waals surface area contributed by atoms with Gasteiger partial charge in [-0.3, -0.25) is 4.90 Å². The molecule has 2 fully saturated rings. The van der Waals surface area contributed by atoms with Crippen molar-refractivity contribution in [2.75, 3.05) is 27.2 Å². The molecule has 2 heterocycles. The molecule has 0 unspecified atom stereocenters. The lowest BCUT2D eigenvalue weighted by molar-refractivity contribution is 0.172. The summed E-state index contributed by atoms with van der Waals surface area (Å²) in [5, 5.41) is 5.74. The lowest BCUT2D eigenvalue weighted by Gasteiger charge is -2.31. The van der Waals surface area contributed by atoms with Gasteiger partial charge in [0.2, 0.25) is 0 Å². The van der Waals surface area contributed by atoms with Gasteiger partial charge < -0.3 is 9.42 Å². The number of aryl methyl sites for hydroxylation is 1. The molecule has 1 aliphatic heterocycles. The maximum absolute atomic E-state index is 5.95. The second-order valence-corrected chi connectivity index (χ2v) is 10.3. The van der Waals surface area contributed by atoms with Crippen LogP contribution in [0.4, 0.5) is 0 Å². The van der Waals surface area contributed by atoms with Crippen molar-refractivity contribution in [3.05, 3.63) is 70.9 Å². The van der Waals surface area contributed by atoms with Crippen LogP contribution in [0, 0.1) is 11.8 Å². The number of nitrogens with zero attached hydrogens (tertiary/aromatic N) is 3. The maximum atomic E-state index is 5.95. The average molecular weight is 517 g/mol. The van der Waals surface area contributed by atoms with Crippen molar-refractivity contribution in [2.45, 2.75) is 51.6 Å². The topological polar surface area (TPSA) is 32.5 Å². The Morgan fingerprint density at radius 2 is 1.74 bits per heavy atom. The van der Waals surface area contributed by atoms with Crippen molar-refractivity contribution in [1.82, 2.24) is 15.0 Å². The molecule has 6 heteroatoms. The van der Waals surface area contributed by atoms with E-state index in [1.165, 1.54) is 67.3 Å². The first-order valence-electron chi connectivity index (χ1n) is 12.6. The van der Waals surface area contributed by atoms with Gasteiger partial charge >= 0.3 is 0 Å². The first-order valence-corrected chi connectivity index (χ1v) is 12.6. The summed E-state index contributed by atoms with van der Waals surface area (Å²) in [4.78, 5) is 4.82. The highest BCUT2D eigenvalue weighted by molar-refractivity contribution is 5.86. The largest absolute Gasteiger partial charge is 0.356 e. The molecular formula is C29H39Cl2N3O. The standard InChI is InChI=1S/C29H37N3O.2ClH/c1-31(2)21-27-25(12-10-22-8-9-22)13-14-26-28(30-33-29(26)27)15-11-23-16-18-32(19-17-23)20-24-6-4-3-5-7-24;;/h3-7,10,12-14,22-23H,8-9,11,15-21H2,1-2H3;2*1H/b12-10-;;. The van der Waals surface area contributed by atoms with Crippen LogP contribution in [0.15, 0.2) is 53.1 Å². The van der Waals surface area contributed by atoms with E-state index in [9.17, 15) is 0 Å².